The molecule has 0 saturated heterocycles. The number of carbonyl (C=O) groups excluding carboxylic acids is 1. The Morgan fingerprint density at radius 3 is 3.00 bits per heavy atom. The molecule has 116 valence electrons. The zero-order valence-corrected chi connectivity index (χ0v) is 13.9. The average molecular weight is 314 g/mol. The highest BCUT2D eigenvalue weighted by Crippen LogP contribution is 2.26. The van der Waals surface area contributed by atoms with E-state index in [0.717, 1.165) is 18.0 Å². The van der Waals surface area contributed by atoms with E-state index < -0.39 is 0 Å². The molecular weight excluding hydrogens is 292 g/mol. The molecular formula is C18H22N2OS. The quantitative estimate of drug-likeness (QED) is 0.908. The lowest BCUT2D eigenvalue weighted by atomic mass is 9.91. The molecule has 0 radical (unpaired) electrons. The molecule has 1 aromatic heterocycles. The molecule has 1 unspecified atom stereocenters. The molecule has 0 bridgehead atoms. The molecule has 0 spiro atoms. The summed E-state index contributed by atoms with van der Waals surface area (Å²) in [6.07, 6.45) is 0.466. The highest BCUT2D eigenvalue weighted by atomic mass is 32.1. The van der Waals surface area contributed by atoms with Crippen LogP contribution in [0.3, 0.4) is 0 Å². The molecule has 1 aliphatic heterocycles. The lowest BCUT2D eigenvalue weighted by Crippen LogP contribution is -2.40. The van der Waals surface area contributed by atoms with E-state index in [9.17, 15) is 4.79 Å². The molecule has 0 aliphatic carbocycles. The fourth-order valence-corrected chi connectivity index (χ4v) is 3.59. The van der Waals surface area contributed by atoms with Gasteiger partial charge in [0.05, 0.1) is 12.5 Å². The third-order valence-corrected chi connectivity index (χ3v) is 5.00. The molecule has 0 saturated carbocycles. The normalized spacial score (nSPS) is 17.3. The van der Waals surface area contributed by atoms with Gasteiger partial charge in [0.1, 0.15) is 0 Å². The lowest BCUT2D eigenvalue weighted by Gasteiger charge is -2.28. The molecule has 1 atom stereocenters. The number of rotatable bonds is 4. The number of nitrogens with one attached hydrogen (secondary N) is 2. The number of thiophene rings is 1. The Hall–Kier alpha value is -1.65. The van der Waals surface area contributed by atoms with Crippen LogP contribution >= 0.6 is 11.3 Å². The summed E-state index contributed by atoms with van der Waals surface area (Å²) in [6, 6.07) is 10.7. The summed E-state index contributed by atoms with van der Waals surface area (Å²) in [5.74, 6) is 0.620. The third kappa shape index (κ3) is 3.39. The van der Waals surface area contributed by atoms with Crippen molar-refractivity contribution in [1.82, 2.24) is 10.6 Å². The number of benzene rings is 1. The highest BCUT2D eigenvalue weighted by molar-refractivity contribution is 7.10. The van der Waals surface area contributed by atoms with Crippen LogP contribution < -0.4 is 10.6 Å². The second-order valence-electron chi connectivity index (χ2n) is 6.12. The van der Waals surface area contributed by atoms with Crippen LogP contribution in [0.2, 0.25) is 0 Å². The maximum absolute atomic E-state index is 12.2. The summed E-state index contributed by atoms with van der Waals surface area (Å²) < 4.78 is 0. The van der Waals surface area contributed by atoms with Gasteiger partial charge in [0.15, 0.2) is 0 Å². The van der Waals surface area contributed by atoms with Crippen molar-refractivity contribution < 1.29 is 4.79 Å². The van der Waals surface area contributed by atoms with Gasteiger partial charge in [0.2, 0.25) is 5.91 Å². The number of carbonyl (C=O) groups is 1. The van der Waals surface area contributed by atoms with E-state index in [1.165, 1.54) is 16.7 Å². The van der Waals surface area contributed by atoms with Crippen LogP contribution in [0.15, 0.2) is 35.7 Å². The predicted octanol–water partition coefficient (Wildman–Crippen LogP) is 3.37. The second-order valence-corrected chi connectivity index (χ2v) is 7.15. The van der Waals surface area contributed by atoms with Gasteiger partial charge in [-0.15, -0.1) is 11.3 Å². The molecule has 1 amide bonds. The van der Waals surface area contributed by atoms with Crippen LogP contribution in [-0.2, 0) is 17.8 Å². The van der Waals surface area contributed by atoms with Gasteiger partial charge in [0.25, 0.3) is 0 Å². The summed E-state index contributed by atoms with van der Waals surface area (Å²) in [6.45, 7) is 6.09. The first kappa shape index (κ1) is 15.3. The molecule has 0 fully saturated rings. The van der Waals surface area contributed by atoms with E-state index in [2.05, 4.69) is 42.7 Å². The van der Waals surface area contributed by atoms with Gasteiger partial charge in [-0.1, -0.05) is 38.1 Å². The molecule has 3 rings (SSSR count). The summed E-state index contributed by atoms with van der Waals surface area (Å²) in [5, 5.41) is 8.58. The van der Waals surface area contributed by atoms with Gasteiger partial charge in [-0.25, -0.2) is 0 Å². The Kier molecular flexibility index (Phi) is 4.60. The van der Waals surface area contributed by atoms with Gasteiger partial charge in [-0.2, -0.15) is 0 Å². The predicted molar refractivity (Wildman–Crippen MR) is 91.1 cm³/mol. The van der Waals surface area contributed by atoms with E-state index in [4.69, 9.17) is 0 Å². The van der Waals surface area contributed by atoms with Gasteiger partial charge < -0.3 is 10.6 Å². The summed E-state index contributed by atoms with van der Waals surface area (Å²) in [5.41, 5.74) is 3.91. The van der Waals surface area contributed by atoms with E-state index in [0.29, 0.717) is 12.3 Å². The Labute approximate surface area is 135 Å². The van der Waals surface area contributed by atoms with Crippen LogP contribution in [0.25, 0.3) is 0 Å². The monoisotopic (exact) mass is 314 g/mol. The largest absolute Gasteiger partial charge is 0.348 e. The van der Waals surface area contributed by atoms with Gasteiger partial charge in [-0.3, -0.25) is 4.79 Å². The van der Waals surface area contributed by atoms with Crippen molar-refractivity contribution in [3.05, 3.63) is 57.3 Å². The van der Waals surface area contributed by atoms with Gasteiger partial charge >= 0.3 is 0 Å². The van der Waals surface area contributed by atoms with Gasteiger partial charge in [-0.05, 0) is 34.1 Å². The van der Waals surface area contributed by atoms with Crippen LogP contribution in [-0.4, -0.2) is 12.5 Å². The molecule has 2 heterocycles. The van der Waals surface area contributed by atoms with Crippen molar-refractivity contribution in [3.63, 3.8) is 0 Å². The lowest BCUT2D eigenvalue weighted by molar-refractivity contribution is -0.121. The van der Waals surface area contributed by atoms with E-state index >= 15 is 0 Å². The van der Waals surface area contributed by atoms with Crippen LogP contribution in [0.5, 0.6) is 0 Å². The number of amides is 1. The fourth-order valence-electron chi connectivity index (χ4n) is 2.88. The summed E-state index contributed by atoms with van der Waals surface area (Å²) in [4.78, 5) is 13.3. The Bertz CT molecular complexity index is 649. The first-order chi connectivity index (χ1) is 10.6. The minimum absolute atomic E-state index is 0.0671. The van der Waals surface area contributed by atoms with Crippen molar-refractivity contribution in [2.45, 2.75) is 38.8 Å². The molecule has 2 aromatic rings. The topological polar surface area (TPSA) is 41.1 Å². The summed E-state index contributed by atoms with van der Waals surface area (Å²) >= 11 is 1.63. The van der Waals surface area contributed by atoms with Crippen molar-refractivity contribution in [2.24, 2.45) is 0 Å². The minimum atomic E-state index is 0.0671. The zero-order chi connectivity index (χ0) is 15.5. The fraction of sp³-hybridized carbons (Fsp3) is 0.389. The number of hydrogen-bond acceptors (Lipinski definition) is 3. The molecule has 4 heteroatoms. The van der Waals surface area contributed by atoms with E-state index in [1.54, 1.807) is 11.3 Å². The van der Waals surface area contributed by atoms with Crippen molar-refractivity contribution in [1.29, 1.82) is 0 Å². The maximum Gasteiger partial charge on any atom is 0.225 e. The number of fused-ring (bicyclic) bond motifs is 1. The van der Waals surface area contributed by atoms with E-state index in [-0.39, 0.29) is 11.9 Å². The van der Waals surface area contributed by atoms with Crippen molar-refractivity contribution in [3.8, 4) is 0 Å². The summed E-state index contributed by atoms with van der Waals surface area (Å²) in [7, 11) is 0. The minimum Gasteiger partial charge on any atom is -0.348 e. The van der Waals surface area contributed by atoms with E-state index in [1.807, 2.05) is 17.5 Å². The highest BCUT2D eigenvalue weighted by Gasteiger charge is 2.22. The van der Waals surface area contributed by atoms with Crippen molar-refractivity contribution >= 4 is 17.2 Å². The molecule has 1 aromatic carbocycles. The van der Waals surface area contributed by atoms with Gasteiger partial charge in [0, 0.05) is 18.0 Å². The molecule has 1 aliphatic rings. The first-order valence-corrected chi connectivity index (χ1v) is 8.66. The Balaban J connectivity index is 1.72. The average Bonchev–Trinajstić information content (AvgIpc) is 2.99. The Morgan fingerprint density at radius 1 is 1.41 bits per heavy atom. The smallest absolute Gasteiger partial charge is 0.225 e. The second kappa shape index (κ2) is 6.63. The Morgan fingerprint density at radius 2 is 2.27 bits per heavy atom. The first-order valence-electron chi connectivity index (χ1n) is 7.78. The van der Waals surface area contributed by atoms with Crippen LogP contribution in [0.4, 0.5) is 0 Å². The zero-order valence-electron chi connectivity index (χ0n) is 13.1. The standard InChI is InChI=1S/C18H22N2OS/c1-12(2)13-5-6-16-14(8-13)10-19-11-17(16)20-18(21)9-15-4-3-7-22-15/h3-8,12,17,19H,9-11H2,1-2H3,(H,20,21). The molecule has 22 heavy (non-hydrogen) atoms. The SMILES string of the molecule is CC(C)c1ccc2c(c1)CNCC2NC(=O)Cc1cccs1. The number of hydrogen-bond donors (Lipinski definition) is 2. The van der Waals surface area contributed by atoms with Crippen LogP contribution in [0, 0.1) is 0 Å². The third-order valence-electron chi connectivity index (χ3n) is 4.12. The van der Waals surface area contributed by atoms with Crippen molar-refractivity contribution in [2.75, 3.05) is 6.54 Å². The molecule has 2 N–H and O–H groups in total. The van der Waals surface area contributed by atoms with Crippen LogP contribution in [0.1, 0.15) is 47.4 Å². The molecule has 3 nitrogen and oxygen atoms in total. The maximum atomic E-state index is 12.2.